The van der Waals surface area contributed by atoms with Gasteiger partial charge in [0.2, 0.25) is 10.9 Å². The number of carbonyl (C=O) groups is 2. The first-order chi connectivity index (χ1) is 14.0. The maximum absolute atomic E-state index is 12.5. The molecule has 0 N–H and O–H groups in total. The lowest BCUT2D eigenvalue weighted by molar-refractivity contribution is -0.117. The lowest BCUT2D eigenvalue weighted by Crippen LogP contribution is -2.24. The second kappa shape index (κ2) is 7.92. The fraction of sp³-hybridized carbons (Fsp3) is 0.316. The molecule has 10 heteroatoms. The Balaban J connectivity index is 1.52. The van der Waals surface area contributed by atoms with Gasteiger partial charge >= 0.3 is 5.97 Å². The summed E-state index contributed by atoms with van der Waals surface area (Å²) in [7, 11) is 0. The second-order valence-electron chi connectivity index (χ2n) is 6.52. The van der Waals surface area contributed by atoms with Gasteiger partial charge in [0.25, 0.3) is 5.56 Å². The van der Waals surface area contributed by atoms with E-state index in [0.29, 0.717) is 40.8 Å². The number of anilines is 1. The SMILES string of the molecule is CCc1nn2c(=O)cc(COC(=O)c3ccc(Cl)c(N4CCCC4=O)c3)nc2s1. The minimum absolute atomic E-state index is 0.0219. The van der Waals surface area contributed by atoms with Crippen LogP contribution in [0.25, 0.3) is 4.96 Å². The van der Waals surface area contributed by atoms with E-state index < -0.39 is 5.97 Å². The van der Waals surface area contributed by atoms with Crippen LogP contribution in [0.1, 0.15) is 40.8 Å². The Morgan fingerprint density at radius 3 is 2.86 bits per heavy atom. The quantitative estimate of drug-likeness (QED) is 0.575. The van der Waals surface area contributed by atoms with Crippen molar-refractivity contribution in [1.29, 1.82) is 0 Å². The summed E-state index contributed by atoms with van der Waals surface area (Å²) in [5.41, 5.74) is 0.794. The molecule has 0 unspecified atom stereocenters. The summed E-state index contributed by atoms with van der Waals surface area (Å²) >= 11 is 7.53. The monoisotopic (exact) mass is 432 g/mol. The predicted molar refractivity (Wildman–Crippen MR) is 109 cm³/mol. The minimum atomic E-state index is -0.588. The number of rotatable bonds is 5. The van der Waals surface area contributed by atoms with Gasteiger partial charge in [-0.1, -0.05) is 29.9 Å². The molecule has 0 aliphatic carbocycles. The summed E-state index contributed by atoms with van der Waals surface area (Å²) in [6.45, 7) is 2.37. The van der Waals surface area contributed by atoms with E-state index in [4.69, 9.17) is 16.3 Å². The van der Waals surface area contributed by atoms with Crippen molar-refractivity contribution in [3.63, 3.8) is 0 Å². The summed E-state index contributed by atoms with van der Waals surface area (Å²) in [4.78, 5) is 43.0. The Hall–Kier alpha value is -2.78. The normalized spacial score (nSPS) is 14.0. The van der Waals surface area contributed by atoms with E-state index in [1.807, 2.05) is 6.92 Å². The zero-order valence-electron chi connectivity index (χ0n) is 15.6. The molecule has 0 bridgehead atoms. The molecule has 8 nitrogen and oxygen atoms in total. The molecule has 2 aromatic heterocycles. The summed E-state index contributed by atoms with van der Waals surface area (Å²) in [6, 6.07) is 5.96. The molecule has 4 rings (SSSR count). The number of carbonyl (C=O) groups excluding carboxylic acids is 2. The Morgan fingerprint density at radius 2 is 2.14 bits per heavy atom. The van der Waals surface area contributed by atoms with E-state index in [2.05, 4.69) is 10.1 Å². The van der Waals surface area contributed by atoms with Gasteiger partial charge in [-0.15, -0.1) is 0 Å². The summed E-state index contributed by atoms with van der Waals surface area (Å²) < 4.78 is 6.57. The van der Waals surface area contributed by atoms with Gasteiger partial charge in [0.05, 0.1) is 22.0 Å². The van der Waals surface area contributed by atoms with E-state index >= 15 is 0 Å². The number of esters is 1. The molecule has 150 valence electrons. The number of hydrogen-bond donors (Lipinski definition) is 0. The predicted octanol–water partition coefficient (Wildman–Crippen LogP) is 2.85. The van der Waals surface area contributed by atoms with Gasteiger partial charge in [-0.3, -0.25) is 9.59 Å². The van der Waals surface area contributed by atoms with Crippen LogP contribution in [0.4, 0.5) is 5.69 Å². The fourth-order valence-corrected chi connectivity index (χ4v) is 4.16. The van der Waals surface area contributed by atoms with Crippen molar-refractivity contribution in [3.8, 4) is 0 Å². The number of benzene rings is 1. The van der Waals surface area contributed by atoms with Crippen molar-refractivity contribution >= 4 is 45.5 Å². The van der Waals surface area contributed by atoms with Gasteiger partial charge < -0.3 is 9.64 Å². The highest BCUT2D eigenvalue weighted by Crippen LogP contribution is 2.30. The largest absolute Gasteiger partial charge is 0.456 e. The Morgan fingerprint density at radius 1 is 1.31 bits per heavy atom. The van der Waals surface area contributed by atoms with Crippen LogP contribution in [0, 0.1) is 0 Å². The van der Waals surface area contributed by atoms with E-state index in [0.717, 1.165) is 11.4 Å². The van der Waals surface area contributed by atoms with Gasteiger partial charge in [-0.2, -0.15) is 9.61 Å². The Kier molecular flexibility index (Phi) is 5.33. The Bertz CT molecular complexity index is 1170. The molecule has 0 atom stereocenters. The van der Waals surface area contributed by atoms with Gasteiger partial charge in [0.15, 0.2) is 0 Å². The second-order valence-corrected chi connectivity index (χ2v) is 7.97. The lowest BCUT2D eigenvalue weighted by Gasteiger charge is -2.18. The molecule has 1 aliphatic heterocycles. The number of ether oxygens (including phenoxy) is 1. The highest BCUT2D eigenvalue weighted by molar-refractivity contribution is 7.16. The first-order valence-electron chi connectivity index (χ1n) is 9.12. The molecule has 1 fully saturated rings. The van der Waals surface area contributed by atoms with Crippen LogP contribution in [0.15, 0.2) is 29.1 Å². The van der Waals surface area contributed by atoms with E-state index in [-0.39, 0.29) is 23.6 Å². The van der Waals surface area contributed by atoms with E-state index in [1.54, 1.807) is 17.0 Å². The lowest BCUT2D eigenvalue weighted by atomic mass is 10.2. The van der Waals surface area contributed by atoms with Crippen LogP contribution in [0.3, 0.4) is 0 Å². The highest BCUT2D eigenvalue weighted by Gasteiger charge is 2.24. The summed E-state index contributed by atoms with van der Waals surface area (Å²) in [5.74, 6) is -0.610. The Labute approximate surface area is 174 Å². The molecule has 1 amide bonds. The molecule has 0 radical (unpaired) electrons. The molecule has 0 spiro atoms. The topological polar surface area (TPSA) is 93.9 Å². The zero-order chi connectivity index (χ0) is 20.5. The molecule has 1 saturated heterocycles. The number of nitrogens with zero attached hydrogens (tertiary/aromatic N) is 4. The summed E-state index contributed by atoms with van der Waals surface area (Å²) in [5, 5.41) is 5.38. The van der Waals surface area contributed by atoms with E-state index in [1.165, 1.54) is 28.0 Å². The molecule has 3 aromatic rings. The first-order valence-corrected chi connectivity index (χ1v) is 10.3. The smallest absolute Gasteiger partial charge is 0.338 e. The van der Waals surface area contributed by atoms with Crippen LogP contribution in [-0.4, -0.2) is 33.0 Å². The number of aromatic nitrogens is 3. The average molecular weight is 433 g/mol. The van der Waals surface area contributed by atoms with Gasteiger partial charge in [-0.25, -0.2) is 9.78 Å². The van der Waals surface area contributed by atoms with Gasteiger partial charge in [0, 0.05) is 19.0 Å². The minimum Gasteiger partial charge on any atom is -0.456 e. The van der Waals surface area contributed by atoms with Crippen LogP contribution < -0.4 is 10.5 Å². The molecular weight excluding hydrogens is 416 g/mol. The average Bonchev–Trinajstić information content (AvgIpc) is 3.32. The summed E-state index contributed by atoms with van der Waals surface area (Å²) in [6.07, 6.45) is 1.92. The maximum Gasteiger partial charge on any atom is 0.338 e. The van der Waals surface area contributed by atoms with Crippen molar-refractivity contribution in [1.82, 2.24) is 14.6 Å². The van der Waals surface area contributed by atoms with Gasteiger partial charge in [-0.05, 0) is 31.0 Å². The maximum atomic E-state index is 12.5. The zero-order valence-corrected chi connectivity index (χ0v) is 17.1. The first kappa shape index (κ1) is 19.5. The van der Waals surface area contributed by atoms with Crippen molar-refractivity contribution in [2.75, 3.05) is 11.4 Å². The van der Waals surface area contributed by atoms with Crippen molar-refractivity contribution in [2.45, 2.75) is 32.8 Å². The number of aryl methyl sites for hydroxylation is 1. The fourth-order valence-electron chi connectivity index (χ4n) is 3.08. The number of hydrogen-bond acceptors (Lipinski definition) is 7. The third-order valence-corrected chi connectivity index (χ3v) is 5.91. The molecule has 3 heterocycles. The van der Waals surface area contributed by atoms with E-state index in [9.17, 15) is 14.4 Å². The van der Waals surface area contributed by atoms with Crippen LogP contribution in [-0.2, 0) is 22.6 Å². The third-order valence-electron chi connectivity index (χ3n) is 4.54. The number of amides is 1. The molecule has 1 aromatic carbocycles. The van der Waals surface area contributed by atoms with Crippen LogP contribution in [0.2, 0.25) is 5.02 Å². The standard InChI is InChI=1S/C19H17ClN4O4S/c1-2-15-22-24-17(26)9-12(21-19(24)29-15)10-28-18(27)11-5-6-13(20)14(8-11)23-7-3-4-16(23)25/h5-6,8-9H,2-4,7,10H2,1H3. The van der Waals surface area contributed by atoms with Crippen LogP contribution >= 0.6 is 22.9 Å². The number of halogens is 1. The van der Waals surface area contributed by atoms with Crippen molar-refractivity contribution in [2.24, 2.45) is 0 Å². The van der Waals surface area contributed by atoms with Crippen molar-refractivity contribution in [3.05, 3.63) is 55.9 Å². The highest BCUT2D eigenvalue weighted by atomic mass is 35.5. The number of fused-ring (bicyclic) bond motifs is 1. The van der Waals surface area contributed by atoms with Crippen LogP contribution in [0.5, 0.6) is 0 Å². The molecule has 0 saturated carbocycles. The molecular formula is C19H17ClN4O4S. The third kappa shape index (κ3) is 3.88. The van der Waals surface area contributed by atoms with Gasteiger partial charge in [0.1, 0.15) is 11.6 Å². The molecule has 29 heavy (non-hydrogen) atoms. The van der Waals surface area contributed by atoms with Crippen molar-refractivity contribution < 1.29 is 14.3 Å². The molecule has 1 aliphatic rings.